The van der Waals surface area contributed by atoms with E-state index < -0.39 is 0 Å². The van der Waals surface area contributed by atoms with Gasteiger partial charge in [-0.2, -0.15) is 0 Å². The summed E-state index contributed by atoms with van der Waals surface area (Å²) in [5.41, 5.74) is 0. The topological polar surface area (TPSA) is 35.0 Å². The van der Waals surface area contributed by atoms with Crippen LogP contribution in [0.5, 0.6) is 5.88 Å². The first-order valence-electron chi connectivity index (χ1n) is 3.43. The van der Waals surface area contributed by atoms with Crippen molar-refractivity contribution < 1.29 is 4.74 Å². The van der Waals surface area contributed by atoms with E-state index in [1.807, 2.05) is 19.1 Å². The second-order valence-electron chi connectivity index (χ2n) is 1.93. The first-order valence-corrected chi connectivity index (χ1v) is 3.43. The number of hydrogen-bond donors (Lipinski definition) is 0. The molecule has 0 aliphatic rings. The van der Waals surface area contributed by atoms with Gasteiger partial charge in [-0.3, -0.25) is 0 Å². The number of hydrogen-bond acceptors (Lipinski definition) is 3. The maximum Gasteiger partial charge on any atom is 0.216 e. The first-order chi connectivity index (χ1) is 5.43. The summed E-state index contributed by atoms with van der Waals surface area (Å²) < 4.78 is 5.21. The van der Waals surface area contributed by atoms with Crippen LogP contribution in [0.25, 0.3) is 0 Å². The average Bonchev–Trinajstić information content (AvgIpc) is 2.07. The SMILES string of the molecule is C/C=C/COc1ccncn1. The molecule has 3 nitrogen and oxygen atoms in total. The predicted octanol–water partition coefficient (Wildman–Crippen LogP) is 1.43. The van der Waals surface area contributed by atoms with E-state index in [4.69, 9.17) is 4.74 Å². The summed E-state index contributed by atoms with van der Waals surface area (Å²) in [6.45, 7) is 2.51. The fourth-order valence-corrected chi connectivity index (χ4v) is 0.594. The highest BCUT2D eigenvalue weighted by Gasteiger charge is 1.88. The minimum absolute atomic E-state index is 0.563. The van der Waals surface area contributed by atoms with Crippen LogP contribution >= 0.6 is 0 Å². The molecule has 3 heteroatoms. The molecule has 0 aromatic carbocycles. The first kappa shape index (κ1) is 7.72. The van der Waals surface area contributed by atoms with Gasteiger partial charge < -0.3 is 4.74 Å². The van der Waals surface area contributed by atoms with Crippen LogP contribution < -0.4 is 4.74 Å². The maximum absolute atomic E-state index is 5.21. The molecule has 1 aromatic heterocycles. The molecule has 0 atom stereocenters. The van der Waals surface area contributed by atoms with E-state index in [2.05, 4.69) is 9.97 Å². The lowest BCUT2D eigenvalue weighted by molar-refractivity contribution is 0.347. The third kappa shape index (κ3) is 2.80. The molecule has 1 aromatic rings. The van der Waals surface area contributed by atoms with Gasteiger partial charge in [-0.15, -0.1) is 0 Å². The zero-order chi connectivity index (χ0) is 7.94. The van der Waals surface area contributed by atoms with E-state index in [-0.39, 0.29) is 0 Å². The van der Waals surface area contributed by atoms with Crippen molar-refractivity contribution in [3.63, 3.8) is 0 Å². The van der Waals surface area contributed by atoms with E-state index in [0.29, 0.717) is 12.5 Å². The smallest absolute Gasteiger partial charge is 0.216 e. The van der Waals surface area contributed by atoms with Crippen molar-refractivity contribution in [2.45, 2.75) is 6.92 Å². The summed E-state index contributed by atoms with van der Waals surface area (Å²) in [4.78, 5) is 7.65. The Balaban J connectivity index is 2.39. The van der Waals surface area contributed by atoms with Crippen LogP contribution in [0.1, 0.15) is 6.92 Å². The van der Waals surface area contributed by atoms with Crippen LogP contribution in [0.4, 0.5) is 0 Å². The quantitative estimate of drug-likeness (QED) is 0.611. The largest absolute Gasteiger partial charge is 0.473 e. The molecule has 0 N–H and O–H groups in total. The summed E-state index contributed by atoms with van der Waals surface area (Å²) in [7, 11) is 0. The van der Waals surface area contributed by atoms with Gasteiger partial charge in [0, 0.05) is 12.3 Å². The highest BCUT2D eigenvalue weighted by molar-refractivity contribution is 5.04. The van der Waals surface area contributed by atoms with Crippen LogP contribution in [0.3, 0.4) is 0 Å². The summed E-state index contributed by atoms with van der Waals surface area (Å²) >= 11 is 0. The van der Waals surface area contributed by atoms with Gasteiger partial charge in [0.15, 0.2) is 0 Å². The highest BCUT2D eigenvalue weighted by atomic mass is 16.5. The second kappa shape index (κ2) is 4.44. The lowest BCUT2D eigenvalue weighted by Gasteiger charge is -1.98. The van der Waals surface area contributed by atoms with Crippen LogP contribution in [-0.4, -0.2) is 16.6 Å². The molecule has 0 fully saturated rings. The van der Waals surface area contributed by atoms with Crippen molar-refractivity contribution >= 4 is 0 Å². The zero-order valence-electron chi connectivity index (χ0n) is 6.40. The Kier molecular flexibility index (Phi) is 3.12. The van der Waals surface area contributed by atoms with Crippen molar-refractivity contribution in [3.05, 3.63) is 30.7 Å². The highest BCUT2D eigenvalue weighted by Crippen LogP contribution is 2.00. The number of aromatic nitrogens is 2. The van der Waals surface area contributed by atoms with Gasteiger partial charge >= 0.3 is 0 Å². The van der Waals surface area contributed by atoms with Gasteiger partial charge in [-0.1, -0.05) is 12.2 Å². The summed E-state index contributed by atoms with van der Waals surface area (Å²) in [5, 5.41) is 0. The Morgan fingerprint density at radius 1 is 1.64 bits per heavy atom. The second-order valence-corrected chi connectivity index (χ2v) is 1.93. The minimum atomic E-state index is 0.563. The fourth-order valence-electron chi connectivity index (χ4n) is 0.594. The lowest BCUT2D eigenvalue weighted by atomic mass is 10.5. The maximum atomic E-state index is 5.21. The Labute approximate surface area is 65.8 Å². The van der Waals surface area contributed by atoms with Crippen LogP contribution in [0.2, 0.25) is 0 Å². The van der Waals surface area contributed by atoms with Crippen molar-refractivity contribution in [2.24, 2.45) is 0 Å². The molecule has 0 radical (unpaired) electrons. The molecule has 58 valence electrons. The molecule has 0 saturated carbocycles. The number of nitrogens with zero attached hydrogens (tertiary/aromatic N) is 2. The molecule has 1 heterocycles. The van der Waals surface area contributed by atoms with E-state index in [9.17, 15) is 0 Å². The van der Waals surface area contributed by atoms with Crippen molar-refractivity contribution in [3.8, 4) is 5.88 Å². The summed E-state index contributed by atoms with van der Waals surface area (Å²) in [5.74, 6) is 0.609. The molecule has 11 heavy (non-hydrogen) atoms. The molecule has 0 spiro atoms. The molecule has 0 aliphatic heterocycles. The normalized spacial score (nSPS) is 10.3. The lowest BCUT2D eigenvalue weighted by Crippen LogP contribution is -1.94. The summed E-state index contributed by atoms with van der Waals surface area (Å²) in [6, 6.07) is 1.73. The molecule has 0 amide bonds. The molecule has 0 bridgehead atoms. The average molecular weight is 150 g/mol. The Hall–Kier alpha value is -1.38. The van der Waals surface area contributed by atoms with Gasteiger partial charge in [0.1, 0.15) is 12.9 Å². The van der Waals surface area contributed by atoms with E-state index in [1.54, 1.807) is 12.3 Å². The van der Waals surface area contributed by atoms with Gasteiger partial charge in [0.25, 0.3) is 0 Å². The van der Waals surface area contributed by atoms with Crippen molar-refractivity contribution in [1.29, 1.82) is 0 Å². The third-order valence-electron chi connectivity index (χ3n) is 1.12. The van der Waals surface area contributed by atoms with Gasteiger partial charge in [-0.05, 0) is 6.92 Å². The van der Waals surface area contributed by atoms with Crippen LogP contribution in [-0.2, 0) is 0 Å². The van der Waals surface area contributed by atoms with Gasteiger partial charge in [0.2, 0.25) is 5.88 Å². The number of rotatable bonds is 3. The molecule has 0 saturated heterocycles. The monoisotopic (exact) mass is 150 g/mol. The van der Waals surface area contributed by atoms with Crippen molar-refractivity contribution in [2.75, 3.05) is 6.61 Å². The number of allylic oxidation sites excluding steroid dienone is 1. The Morgan fingerprint density at radius 2 is 2.55 bits per heavy atom. The van der Waals surface area contributed by atoms with E-state index >= 15 is 0 Å². The van der Waals surface area contributed by atoms with E-state index in [0.717, 1.165) is 0 Å². The fraction of sp³-hybridized carbons (Fsp3) is 0.250. The Bertz CT molecular complexity index is 221. The van der Waals surface area contributed by atoms with E-state index in [1.165, 1.54) is 6.33 Å². The molecular formula is C8H10N2O. The number of ether oxygens (including phenoxy) is 1. The van der Waals surface area contributed by atoms with Gasteiger partial charge in [-0.25, -0.2) is 9.97 Å². The predicted molar refractivity (Wildman–Crippen MR) is 42.3 cm³/mol. The molecule has 0 unspecified atom stereocenters. The Morgan fingerprint density at radius 3 is 3.18 bits per heavy atom. The van der Waals surface area contributed by atoms with Gasteiger partial charge in [0.05, 0.1) is 0 Å². The van der Waals surface area contributed by atoms with Crippen LogP contribution in [0.15, 0.2) is 30.7 Å². The molecular weight excluding hydrogens is 140 g/mol. The minimum Gasteiger partial charge on any atom is -0.473 e. The molecule has 1 rings (SSSR count). The molecule has 0 aliphatic carbocycles. The van der Waals surface area contributed by atoms with Crippen molar-refractivity contribution in [1.82, 2.24) is 9.97 Å². The third-order valence-corrected chi connectivity index (χ3v) is 1.12. The zero-order valence-corrected chi connectivity index (χ0v) is 6.40. The standard InChI is InChI=1S/C8H10N2O/c1-2-3-6-11-8-4-5-9-7-10-8/h2-5,7H,6H2,1H3/b3-2+. The summed E-state index contributed by atoms with van der Waals surface area (Å²) in [6.07, 6.45) is 6.96. The van der Waals surface area contributed by atoms with Crippen LogP contribution in [0, 0.1) is 0 Å².